The molecule has 6 heteroatoms. The van der Waals surface area contributed by atoms with Crippen molar-refractivity contribution in [3.63, 3.8) is 0 Å². The molecular formula is C12H17N3O3. The Balaban J connectivity index is 2.48. The Labute approximate surface area is 105 Å². The largest absolute Gasteiger partial charge is 0.295 e. The molecule has 0 bridgehead atoms. The summed E-state index contributed by atoms with van der Waals surface area (Å²) in [4.78, 5) is 29.0. The molecule has 1 heterocycles. The molecule has 0 unspecified atom stereocenters. The van der Waals surface area contributed by atoms with Crippen LogP contribution in [0.15, 0.2) is 0 Å². The summed E-state index contributed by atoms with van der Waals surface area (Å²) in [5.41, 5.74) is 1.65. The molecule has 1 aromatic rings. The lowest BCUT2D eigenvalue weighted by molar-refractivity contribution is -0.0763. The maximum absolute atomic E-state index is 12.2. The second kappa shape index (κ2) is 4.89. The van der Waals surface area contributed by atoms with Crippen molar-refractivity contribution in [1.82, 2.24) is 14.8 Å². The molecule has 0 aromatic carbocycles. The molecule has 0 aliphatic heterocycles. The molecule has 0 saturated carbocycles. The zero-order valence-corrected chi connectivity index (χ0v) is 10.9. The van der Waals surface area contributed by atoms with E-state index in [1.807, 2.05) is 0 Å². The fourth-order valence-electron chi connectivity index (χ4n) is 2.23. The van der Waals surface area contributed by atoms with Crippen LogP contribution in [0.1, 0.15) is 45.8 Å². The Morgan fingerprint density at radius 2 is 2.06 bits per heavy atom. The Morgan fingerprint density at radius 1 is 1.39 bits per heavy atom. The quantitative estimate of drug-likeness (QED) is 0.580. The van der Waals surface area contributed by atoms with Crippen LogP contribution in [0.4, 0.5) is 0 Å². The van der Waals surface area contributed by atoms with Gasteiger partial charge in [-0.1, -0.05) is 0 Å². The van der Waals surface area contributed by atoms with Gasteiger partial charge in [-0.05, 0) is 19.3 Å². The fraction of sp³-hybridized carbons (Fsp3) is 0.583. The van der Waals surface area contributed by atoms with Crippen LogP contribution < -0.4 is 0 Å². The summed E-state index contributed by atoms with van der Waals surface area (Å²) in [6, 6.07) is 0. The lowest BCUT2D eigenvalue weighted by Crippen LogP contribution is -2.28. The molecule has 6 nitrogen and oxygen atoms in total. The van der Waals surface area contributed by atoms with E-state index in [-0.39, 0.29) is 11.7 Å². The van der Waals surface area contributed by atoms with Gasteiger partial charge in [-0.25, -0.2) is 5.06 Å². The van der Waals surface area contributed by atoms with E-state index in [4.69, 9.17) is 4.84 Å². The SMILES string of the molecule is CON(C)C(=O)c1c2c(nn1C)C(=O)CCCC2. The Morgan fingerprint density at radius 3 is 2.72 bits per heavy atom. The van der Waals surface area contributed by atoms with Crippen LogP contribution in [0.5, 0.6) is 0 Å². The molecule has 1 aromatic heterocycles. The van der Waals surface area contributed by atoms with E-state index in [1.54, 1.807) is 14.1 Å². The minimum Gasteiger partial charge on any atom is -0.292 e. The molecule has 2 rings (SSSR count). The Hall–Kier alpha value is -1.69. The number of amides is 1. The molecule has 18 heavy (non-hydrogen) atoms. The first-order valence-electron chi connectivity index (χ1n) is 5.97. The number of hydroxylamine groups is 2. The van der Waals surface area contributed by atoms with Crippen LogP contribution in [-0.4, -0.2) is 40.7 Å². The lowest BCUT2D eigenvalue weighted by atomic mass is 10.1. The standard InChI is InChI=1S/C12H17N3O3/c1-14-11(12(17)15(2)18-3)8-6-4-5-7-9(16)10(8)13-14/h4-7H2,1-3H3. The van der Waals surface area contributed by atoms with E-state index in [0.29, 0.717) is 24.2 Å². The smallest absolute Gasteiger partial charge is 0.292 e. The first-order valence-corrected chi connectivity index (χ1v) is 5.97. The van der Waals surface area contributed by atoms with E-state index >= 15 is 0 Å². The highest BCUT2D eigenvalue weighted by atomic mass is 16.7. The number of carbonyl (C=O) groups excluding carboxylic acids is 2. The summed E-state index contributed by atoms with van der Waals surface area (Å²) < 4.78 is 1.48. The number of ketones is 1. The number of fused-ring (bicyclic) bond motifs is 1. The zero-order chi connectivity index (χ0) is 13.3. The molecule has 98 valence electrons. The first kappa shape index (κ1) is 12.8. The van der Waals surface area contributed by atoms with Crippen molar-refractivity contribution >= 4 is 11.7 Å². The molecule has 1 aliphatic carbocycles. The molecule has 0 atom stereocenters. The number of hydrogen-bond donors (Lipinski definition) is 0. The topological polar surface area (TPSA) is 64.4 Å². The Kier molecular flexibility index (Phi) is 3.47. The fourth-order valence-corrected chi connectivity index (χ4v) is 2.23. The zero-order valence-electron chi connectivity index (χ0n) is 10.9. The van der Waals surface area contributed by atoms with Crippen molar-refractivity contribution in [2.24, 2.45) is 7.05 Å². The van der Waals surface area contributed by atoms with Gasteiger partial charge in [0, 0.05) is 26.1 Å². The summed E-state index contributed by atoms with van der Waals surface area (Å²) in [5, 5.41) is 5.34. The predicted molar refractivity (Wildman–Crippen MR) is 64.2 cm³/mol. The highest BCUT2D eigenvalue weighted by Crippen LogP contribution is 2.23. The number of aromatic nitrogens is 2. The predicted octanol–water partition coefficient (Wildman–Crippen LogP) is 0.963. The van der Waals surface area contributed by atoms with Gasteiger partial charge in [0.25, 0.3) is 5.91 Å². The van der Waals surface area contributed by atoms with Crippen molar-refractivity contribution in [2.45, 2.75) is 25.7 Å². The van der Waals surface area contributed by atoms with Crippen molar-refractivity contribution < 1.29 is 14.4 Å². The van der Waals surface area contributed by atoms with Gasteiger partial charge in [-0.2, -0.15) is 5.10 Å². The summed E-state index contributed by atoms with van der Waals surface area (Å²) in [7, 11) is 4.65. The molecule has 1 aliphatic rings. The number of hydrogen-bond acceptors (Lipinski definition) is 4. The van der Waals surface area contributed by atoms with E-state index in [9.17, 15) is 9.59 Å². The van der Waals surface area contributed by atoms with Gasteiger partial charge in [0.05, 0.1) is 7.11 Å². The second-order valence-electron chi connectivity index (χ2n) is 4.41. The van der Waals surface area contributed by atoms with Gasteiger partial charge in [0.2, 0.25) is 0 Å². The van der Waals surface area contributed by atoms with E-state index < -0.39 is 0 Å². The molecule has 1 amide bonds. The number of carbonyl (C=O) groups is 2. The average Bonchev–Trinajstić information content (AvgIpc) is 2.59. The van der Waals surface area contributed by atoms with Crippen LogP contribution in [-0.2, 0) is 18.3 Å². The summed E-state index contributed by atoms with van der Waals surface area (Å²) in [6.45, 7) is 0. The Bertz CT molecular complexity index is 493. The third kappa shape index (κ3) is 2.03. The first-order chi connectivity index (χ1) is 8.56. The van der Waals surface area contributed by atoms with E-state index in [0.717, 1.165) is 23.5 Å². The number of Topliss-reactive ketones (excluding diaryl/α,β-unsaturated/α-hetero) is 1. The van der Waals surface area contributed by atoms with Gasteiger partial charge >= 0.3 is 0 Å². The van der Waals surface area contributed by atoms with Crippen LogP contribution in [0.25, 0.3) is 0 Å². The molecule has 0 spiro atoms. The normalized spacial score (nSPS) is 15.2. The van der Waals surface area contributed by atoms with E-state index in [2.05, 4.69) is 5.10 Å². The van der Waals surface area contributed by atoms with Gasteiger partial charge in [-0.3, -0.25) is 19.1 Å². The van der Waals surface area contributed by atoms with Crippen molar-refractivity contribution in [2.75, 3.05) is 14.2 Å². The molecule has 0 N–H and O–H groups in total. The number of nitrogens with zero attached hydrogens (tertiary/aromatic N) is 3. The summed E-state index contributed by atoms with van der Waals surface area (Å²) >= 11 is 0. The van der Waals surface area contributed by atoms with Crippen LogP contribution in [0.3, 0.4) is 0 Å². The highest BCUT2D eigenvalue weighted by molar-refractivity contribution is 6.01. The second-order valence-corrected chi connectivity index (χ2v) is 4.41. The van der Waals surface area contributed by atoms with E-state index in [1.165, 1.54) is 11.8 Å². The van der Waals surface area contributed by atoms with Gasteiger partial charge < -0.3 is 0 Å². The third-order valence-electron chi connectivity index (χ3n) is 3.25. The number of aryl methyl sites for hydroxylation is 1. The average molecular weight is 251 g/mol. The molecule has 0 radical (unpaired) electrons. The minimum absolute atomic E-state index is 0.0252. The third-order valence-corrected chi connectivity index (χ3v) is 3.25. The molecule has 0 fully saturated rings. The van der Waals surface area contributed by atoms with Crippen LogP contribution in [0, 0.1) is 0 Å². The maximum atomic E-state index is 12.2. The maximum Gasteiger partial charge on any atom is 0.295 e. The van der Waals surface area contributed by atoms with Gasteiger partial charge in [-0.15, -0.1) is 0 Å². The molecular weight excluding hydrogens is 234 g/mol. The van der Waals surface area contributed by atoms with Crippen LogP contribution in [0.2, 0.25) is 0 Å². The highest BCUT2D eigenvalue weighted by Gasteiger charge is 2.28. The summed E-state index contributed by atoms with van der Waals surface area (Å²) in [6.07, 6.45) is 2.99. The lowest BCUT2D eigenvalue weighted by Gasteiger charge is -2.14. The van der Waals surface area contributed by atoms with Gasteiger partial charge in [0.15, 0.2) is 5.78 Å². The van der Waals surface area contributed by atoms with Crippen molar-refractivity contribution in [3.8, 4) is 0 Å². The summed E-state index contributed by atoms with van der Waals surface area (Å²) in [5.74, 6) is -0.249. The van der Waals surface area contributed by atoms with Crippen molar-refractivity contribution in [1.29, 1.82) is 0 Å². The van der Waals surface area contributed by atoms with Gasteiger partial charge in [0.1, 0.15) is 11.4 Å². The number of rotatable bonds is 2. The van der Waals surface area contributed by atoms with Crippen molar-refractivity contribution in [3.05, 3.63) is 17.0 Å². The van der Waals surface area contributed by atoms with Crippen LogP contribution >= 0.6 is 0 Å². The minimum atomic E-state index is -0.275. The molecule has 0 saturated heterocycles. The monoisotopic (exact) mass is 251 g/mol.